The van der Waals surface area contributed by atoms with Crippen LogP contribution in [0.2, 0.25) is 0 Å². The van der Waals surface area contributed by atoms with Crippen molar-refractivity contribution in [1.29, 1.82) is 0 Å². The average Bonchev–Trinajstić information content (AvgIpc) is 2.13. The summed E-state index contributed by atoms with van der Waals surface area (Å²) < 4.78 is 115. The minimum atomic E-state index is -6.58. The molecule has 0 rings (SSSR count). The molecule has 0 aliphatic carbocycles. The van der Waals surface area contributed by atoms with Crippen LogP contribution in [-0.2, 0) is 9.59 Å². The first-order chi connectivity index (χ1) is 7.73. The van der Waals surface area contributed by atoms with Crippen molar-refractivity contribution in [3.8, 4) is 0 Å². The number of carbonyl (C=O) groups excluding carboxylic acids is 2. The van der Waals surface area contributed by atoms with Crippen molar-refractivity contribution >= 4 is 6.15 Å². The molecular formula is C6H2F10O2. The van der Waals surface area contributed by atoms with Crippen LogP contribution in [0.15, 0.2) is 0 Å². The Kier molecular flexibility index (Phi) is 6.37. The molecule has 0 bridgehead atoms. The van der Waals surface area contributed by atoms with E-state index in [4.69, 9.17) is 9.59 Å². The lowest BCUT2D eigenvalue weighted by molar-refractivity contribution is -0.324. The van der Waals surface area contributed by atoms with Crippen LogP contribution in [0.25, 0.3) is 0 Å². The molecule has 0 N–H and O–H groups in total. The van der Waals surface area contributed by atoms with E-state index in [1.165, 1.54) is 0 Å². The van der Waals surface area contributed by atoms with Crippen molar-refractivity contribution in [3.05, 3.63) is 0 Å². The quantitative estimate of drug-likeness (QED) is 0.734. The Morgan fingerprint density at radius 2 is 1.00 bits per heavy atom. The molecule has 12 heteroatoms. The van der Waals surface area contributed by atoms with E-state index in [9.17, 15) is 43.9 Å². The lowest BCUT2D eigenvalue weighted by Crippen LogP contribution is -2.52. The van der Waals surface area contributed by atoms with Crippen molar-refractivity contribution in [2.45, 2.75) is 30.6 Å². The number of hydrogen-bond acceptors (Lipinski definition) is 2. The molecule has 0 radical (unpaired) electrons. The summed E-state index contributed by atoms with van der Waals surface area (Å²) in [5.41, 5.74) is 0. The topological polar surface area (TPSA) is 34.1 Å². The Morgan fingerprint density at radius 3 is 1.17 bits per heavy atom. The lowest BCUT2D eigenvalue weighted by atomic mass is 10.1. The standard InChI is InChI=1S/C5H2F10.CO2/c6-1(2(7)4(10,11)12)3(8,9)5(13,14)15;2-1-3/h1-2H;. The summed E-state index contributed by atoms with van der Waals surface area (Å²) in [6.45, 7) is 0. The van der Waals surface area contributed by atoms with Crippen LogP contribution in [0.1, 0.15) is 0 Å². The van der Waals surface area contributed by atoms with E-state index in [1.54, 1.807) is 0 Å². The molecule has 0 fully saturated rings. The van der Waals surface area contributed by atoms with Crippen LogP contribution in [0.3, 0.4) is 0 Å². The molecule has 0 aliphatic heterocycles. The van der Waals surface area contributed by atoms with E-state index < -0.39 is 30.6 Å². The molecular weight excluding hydrogens is 294 g/mol. The van der Waals surface area contributed by atoms with Gasteiger partial charge >= 0.3 is 24.4 Å². The molecule has 18 heavy (non-hydrogen) atoms. The van der Waals surface area contributed by atoms with E-state index in [2.05, 4.69) is 0 Å². The summed E-state index contributed by atoms with van der Waals surface area (Å²) in [5, 5.41) is 0. The predicted octanol–water partition coefficient (Wildman–Crippen LogP) is 2.84. The smallest absolute Gasteiger partial charge is 0.237 e. The van der Waals surface area contributed by atoms with Gasteiger partial charge in [-0.3, -0.25) is 0 Å². The Morgan fingerprint density at radius 1 is 0.722 bits per heavy atom. The second-order valence-corrected chi connectivity index (χ2v) is 2.55. The molecule has 0 saturated carbocycles. The Balaban J connectivity index is 0. The molecule has 2 unspecified atom stereocenters. The summed E-state index contributed by atoms with van der Waals surface area (Å²) in [6.07, 6.45) is -22.4. The maximum atomic E-state index is 12.0. The fourth-order valence-corrected chi connectivity index (χ4v) is 0.506. The van der Waals surface area contributed by atoms with Crippen molar-refractivity contribution in [1.82, 2.24) is 0 Å². The highest BCUT2D eigenvalue weighted by Gasteiger charge is 2.69. The fourth-order valence-electron chi connectivity index (χ4n) is 0.506. The van der Waals surface area contributed by atoms with Gasteiger partial charge in [-0.05, 0) is 0 Å². The van der Waals surface area contributed by atoms with Crippen molar-refractivity contribution in [3.63, 3.8) is 0 Å². The zero-order chi connectivity index (χ0) is 15.4. The lowest BCUT2D eigenvalue weighted by Gasteiger charge is -2.26. The van der Waals surface area contributed by atoms with E-state index in [0.717, 1.165) is 0 Å². The molecule has 0 amide bonds. The zero-order valence-corrected chi connectivity index (χ0v) is 7.75. The molecule has 0 aromatic carbocycles. The highest BCUT2D eigenvalue weighted by atomic mass is 19.4. The Bertz CT molecular complexity index is 286. The zero-order valence-electron chi connectivity index (χ0n) is 7.75. The van der Waals surface area contributed by atoms with Gasteiger partial charge in [-0.2, -0.15) is 44.7 Å². The van der Waals surface area contributed by atoms with Crippen LogP contribution in [0, 0.1) is 0 Å². The first-order valence-electron chi connectivity index (χ1n) is 3.52. The number of rotatable bonds is 2. The third-order valence-corrected chi connectivity index (χ3v) is 1.29. The van der Waals surface area contributed by atoms with Crippen molar-refractivity contribution < 1.29 is 53.5 Å². The van der Waals surface area contributed by atoms with Gasteiger partial charge in [-0.15, -0.1) is 0 Å². The van der Waals surface area contributed by atoms with Gasteiger partial charge in [0.2, 0.25) is 12.3 Å². The summed E-state index contributed by atoms with van der Waals surface area (Å²) in [7, 11) is 0. The van der Waals surface area contributed by atoms with Gasteiger partial charge < -0.3 is 0 Å². The number of hydrogen-bond donors (Lipinski definition) is 0. The van der Waals surface area contributed by atoms with Crippen LogP contribution in [-0.4, -0.2) is 36.8 Å². The highest BCUT2D eigenvalue weighted by molar-refractivity contribution is 5.20. The monoisotopic (exact) mass is 296 g/mol. The summed E-state index contributed by atoms with van der Waals surface area (Å²) in [5.74, 6) is -6.39. The largest absolute Gasteiger partial charge is 0.456 e. The summed E-state index contributed by atoms with van der Waals surface area (Å²) in [4.78, 5) is 16.2. The first-order valence-corrected chi connectivity index (χ1v) is 3.52. The second-order valence-electron chi connectivity index (χ2n) is 2.55. The first kappa shape index (κ1) is 19.0. The van der Waals surface area contributed by atoms with E-state index in [-0.39, 0.29) is 6.15 Å². The maximum Gasteiger partial charge on any atom is 0.456 e. The van der Waals surface area contributed by atoms with Gasteiger partial charge in [-0.25, -0.2) is 8.78 Å². The third kappa shape index (κ3) is 4.90. The van der Waals surface area contributed by atoms with Crippen LogP contribution >= 0.6 is 0 Å². The van der Waals surface area contributed by atoms with Gasteiger partial charge in [-0.1, -0.05) is 0 Å². The van der Waals surface area contributed by atoms with E-state index >= 15 is 0 Å². The molecule has 0 aliphatic rings. The molecule has 0 spiro atoms. The second kappa shape index (κ2) is 6.03. The van der Waals surface area contributed by atoms with E-state index in [0.29, 0.717) is 0 Å². The van der Waals surface area contributed by atoms with Gasteiger partial charge in [0.15, 0.2) is 0 Å². The normalized spacial score (nSPS) is 16.1. The third-order valence-electron chi connectivity index (χ3n) is 1.29. The summed E-state index contributed by atoms with van der Waals surface area (Å²) in [6, 6.07) is 0. The minimum Gasteiger partial charge on any atom is -0.237 e. The maximum absolute atomic E-state index is 12.0. The molecule has 2 nitrogen and oxygen atoms in total. The van der Waals surface area contributed by atoms with Crippen LogP contribution < -0.4 is 0 Å². The molecule has 0 saturated heterocycles. The molecule has 0 heterocycles. The Hall–Kier alpha value is -1.32. The molecule has 0 aromatic rings. The SMILES string of the molecule is FC(C(F)C(F)(F)C(F)(F)F)C(F)(F)F.O=C=O. The molecule has 2 atom stereocenters. The van der Waals surface area contributed by atoms with Gasteiger partial charge in [0.25, 0.3) is 0 Å². The Labute approximate surface area is 91.5 Å². The van der Waals surface area contributed by atoms with Gasteiger partial charge in [0.1, 0.15) is 0 Å². The van der Waals surface area contributed by atoms with Crippen LogP contribution in [0.5, 0.6) is 0 Å². The average molecular weight is 296 g/mol. The predicted molar refractivity (Wildman–Crippen MR) is 31.9 cm³/mol. The van der Waals surface area contributed by atoms with Crippen molar-refractivity contribution in [2.24, 2.45) is 0 Å². The molecule has 0 aromatic heterocycles. The van der Waals surface area contributed by atoms with Gasteiger partial charge in [0.05, 0.1) is 0 Å². The number of halogens is 10. The molecule has 108 valence electrons. The van der Waals surface area contributed by atoms with E-state index in [1.807, 2.05) is 0 Å². The van der Waals surface area contributed by atoms with Crippen molar-refractivity contribution in [2.75, 3.05) is 0 Å². The van der Waals surface area contributed by atoms with Gasteiger partial charge in [0, 0.05) is 0 Å². The minimum absolute atomic E-state index is 0.250. The summed E-state index contributed by atoms with van der Waals surface area (Å²) >= 11 is 0. The van der Waals surface area contributed by atoms with Crippen LogP contribution in [0.4, 0.5) is 43.9 Å². The fraction of sp³-hybridized carbons (Fsp3) is 0.833. The highest BCUT2D eigenvalue weighted by Crippen LogP contribution is 2.43. The number of alkyl halides is 10.